The Hall–Kier alpha value is -1.02. The summed E-state index contributed by atoms with van der Waals surface area (Å²) in [5.74, 6) is 0.637. The van der Waals surface area contributed by atoms with Crippen molar-refractivity contribution in [1.82, 2.24) is 5.32 Å². The van der Waals surface area contributed by atoms with Crippen molar-refractivity contribution in [3.05, 3.63) is 34.9 Å². The first-order chi connectivity index (χ1) is 9.08. The highest BCUT2D eigenvalue weighted by atomic mass is 35.5. The maximum absolute atomic E-state index is 12.2. The Kier molecular flexibility index (Phi) is 4.87. The van der Waals surface area contributed by atoms with Gasteiger partial charge in [0.25, 0.3) is 5.91 Å². The lowest BCUT2D eigenvalue weighted by atomic mass is 9.89. The summed E-state index contributed by atoms with van der Waals surface area (Å²) >= 11 is 6.09. The van der Waals surface area contributed by atoms with Crippen LogP contribution >= 0.6 is 11.6 Å². The maximum atomic E-state index is 12.2. The summed E-state index contributed by atoms with van der Waals surface area (Å²) in [6.45, 7) is 4.81. The number of carbonyl (C=O) groups is 1. The van der Waals surface area contributed by atoms with Crippen molar-refractivity contribution in [2.24, 2.45) is 5.92 Å². The van der Waals surface area contributed by atoms with E-state index < -0.39 is 0 Å². The molecule has 1 amide bonds. The van der Waals surface area contributed by atoms with Gasteiger partial charge in [0, 0.05) is 17.5 Å². The number of alkyl halides is 1. The predicted molar refractivity (Wildman–Crippen MR) is 79.8 cm³/mol. The molecule has 0 aliphatic heterocycles. The van der Waals surface area contributed by atoms with E-state index in [0.717, 1.165) is 48.9 Å². The van der Waals surface area contributed by atoms with Crippen molar-refractivity contribution in [3.63, 3.8) is 0 Å². The molecule has 0 unspecified atom stereocenters. The van der Waals surface area contributed by atoms with Crippen LogP contribution in [0.5, 0.6) is 0 Å². The first-order valence-corrected chi connectivity index (χ1v) is 7.50. The zero-order chi connectivity index (χ0) is 13.8. The molecular formula is C16H22ClNO. The molecule has 0 saturated heterocycles. The van der Waals surface area contributed by atoms with Crippen LogP contribution in [-0.4, -0.2) is 17.8 Å². The molecule has 0 spiro atoms. The van der Waals surface area contributed by atoms with Crippen LogP contribution in [0.3, 0.4) is 0 Å². The zero-order valence-electron chi connectivity index (χ0n) is 11.7. The second kappa shape index (κ2) is 6.42. The topological polar surface area (TPSA) is 29.1 Å². The van der Waals surface area contributed by atoms with Gasteiger partial charge in [0.15, 0.2) is 0 Å². The lowest BCUT2D eigenvalue weighted by Gasteiger charge is -2.25. The second-order valence-corrected chi connectivity index (χ2v) is 6.19. The number of hydrogen-bond donors (Lipinski definition) is 1. The smallest absolute Gasteiger partial charge is 0.251 e. The normalized spacial score (nSPS) is 23.1. The number of rotatable bonds is 3. The molecule has 1 aromatic rings. The molecule has 19 heavy (non-hydrogen) atoms. The van der Waals surface area contributed by atoms with Gasteiger partial charge in [0.1, 0.15) is 0 Å². The van der Waals surface area contributed by atoms with Crippen LogP contribution in [0.2, 0.25) is 0 Å². The van der Waals surface area contributed by atoms with E-state index in [0.29, 0.717) is 11.3 Å². The van der Waals surface area contributed by atoms with Crippen LogP contribution in [0.15, 0.2) is 18.2 Å². The molecule has 1 aromatic carbocycles. The van der Waals surface area contributed by atoms with Crippen molar-refractivity contribution >= 4 is 17.5 Å². The number of benzene rings is 1. The largest absolute Gasteiger partial charge is 0.352 e. The SMILES string of the molecule is Cc1cccc(C(=O)NCC2CCC(Cl)CC2)c1C. The average molecular weight is 280 g/mol. The number of amides is 1. The van der Waals surface area contributed by atoms with Crippen LogP contribution in [0, 0.1) is 19.8 Å². The summed E-state index contributed by atoms with van der Waals surface area (Å²) in [6, 6.07) is 5.87. The van der Waals surface area contributed by atoms with Crippen molar-refractivity contribution in [3.8, 4) is 0 Å². The fourth-order valence-electron chi connectivity index (χ4n) is 2.66. The summed E-state index contributed by atoms with van der Waals surface area (Å²) in [5, 5.41) is 3.41. The van der Waals surface area contributed by atoms with Crippen molar-refractivity contribution in [1.29, 1.82) is 0 Å². The molecule has 3 heteroatoms. The lowest BCUT2D eigenvalue weighted by molar-refractivity contribution is 0.0943. The Morgan fingerprint density at radius 3 is 2.63 bits per heavy atom. The molecule has 1 N–H and O–H groups in total. The van der Waals surface area contributed by atoms with E-state index in [-0.39, 0.29) is 5.91 Å². The summed E-state index contributed by atoms with van der Waals surface area (Å²) in [7, 11) is 0. The fraction of sp³-hybridized carbons (Fsp3) is 0.562. The van der Waals surface area contributed by atoms with Gasteiger partial charge in [-0.25, -0.2) is 0 Å². The lowest BCUT2D eigenvalue weighted by Crippen LogP contribution is -2.31. The number of nitrogens with one attached hydrogen (secondary N) is 1. The molecular weight excluding hydrogens is 258 g/mol. The first kappa shape index (κ1) is 14.4. The van der Waals surface area contributed by atoms with E-state index in [4.69, 9.17) is 11.6 Å². The van der Waals surface area contributed by atoms with E-state index >= 15 is 0 Å². The minimum atomic E-state index is 0.0502. The van der Waals surface area contributed by atoms with Crippen LogP contribution in [-0.2, 0) is 0 Å². The highest BCUT2D eigenvalue weighted by Crippen LogP contribution is 2.27. The third-order valence-electron chi connectivity index (χ3n) is 4.18. The van der Waals surface area contributed by atoms with Gasteiger partial charge in [-0.15, -0.1) is 11.6 Å². The third kappa shape index (κ3) is 3.73. The van der Waals surface area contributed by atoms with Gasteiger partial charge in [-0.05, 0) is 62.6 Å². The number of carbonyl (C=O) groups excluding carboxylic acids is 1. The van der Waals surface area contributed by atoms with Crippen molar-refractivity contribution in [2.45, 2.75) is 44.9 Å². The van der Waals surface area contributed by atoms with E-state index in [2.05, 4.69) is 5.32 Å². The van der Waals surface area contributed by atoms with Gasteiger partial charge in [-0.1, -0.05) is 12.1 Å². The minimum absolute atomic E-state index is 0.0502. The molecule has 0 aromatic heterocycles. The van der Waals surface area contributed by atoms with Crippen LogP contribution in [0.1, 0.15) is 47.2 Å². The van der Waals surface area contributed by atoms with Gasteiger partial charge < -0.3 is 5.32 Å². The standard InChI is InChI=1S/C16H22ClNO/c1-11-4-3-5-15(12(11)2)16(19)18-10-13-6-8-14(17)9-7-13/h3-5,13-14H,6-10H2,1-2H3,(H,18,19). The molecule has 2 nitrogen and oxygen atoms in total. The molecule has 1 fully saturated rings. The van der Waals surface area contributed by atoms with Gasteiger partial charge in [0.05, 0.1) is 0 Å². The highest BCUT2D eigenvalue weighted by Gasteiger charge is 2.20. The molecule has 1 saturated carbocycles. The van der Waals surface area contributed by atoms with Crippen LogP contribution in [0.4, 0.5) is 0 Å². The van der Waals surface area contributed by atoms with Gasteiger partial charge in [-0.3, -0.25) is 4.79 Å². The quantitative estimate of drug-likeness (QED) is 0.837. The molecule has 0 atom stereocenters. The molecule has 104 valence electrons. The number of hydrogen-bond acceptors (Lipinski definition) is 1. The average Bonchev–Trinajstić information content (AvgIpc) is 2.41. The summed E-state index contributed by atoms with van der Waals surface area (Å²) < 4.78 is 0. The predicted octanol–water partition coefficient (Wildman–Crippen LogP) is 3.83. The minimum Gasteiger partial charge on any atom is -0.352 e. The van der Waals surface area contributed by atoms with Gasteiger partial charge in [-0.2, -0.15) is 0 Å². The third-order valence-corrected chi connectivity index (χ3v) is 4.61. The Labute approximate surface area is 120 Å². The molecule has 0 radical (unpaired) electrons. The fourth-order valence-corrected chi connectivity index (χ4v) is 2.91. The second-order valence-electron chi connectivity index (χ2n) is 5.58. The molecule has 0 heterocycles. The summed E-state index contributed by atoms with van der Waals surface area (Å²) in [5.41, 5.74) is 3.03. The molecule has 2 rings (SSSR count). The monoisotopic (exact) mass is 279 g/mol. The summed E-state index contributed by atoms with van der Waals surface area (Å²) in [4.78, 5) is 12.2. The zero-order valence-corrected chi connectivity index (χ0v) is 12.5. The number of aryl methyl sites for hydroxylation is 1. The van der Waals surface area contributed by atoms with E-state index in [1.54, 1.807) is 0 Å². The Morgan fingerprint density at radius 1 is 1.26 bits per heavy atom. The van der Waals surface area contributed by atoms with Gasteiger partial charge in [0.2, 0.25) is 0 Å². The maximum Gasteiger partial charge on any atom is 0.251 e. The Morgan fingerprint density at radius 2 is 1.95 bits per heavy atom. The van der Waals surface area contributed by atoms with E-state index in [1.807, 2.05) is 32.0 Å². The Bertz CT molecular complexity index is 450. The molecule has 1 aliphatic rings. The van der Waals surface area contributed by atoms with Gasteiger partial charge >= 0.3 is 0 Å². The molecule has 1 aliphatic carbocycles. The van der Waals surface area contributed by atoms with E-state index in [1.165, 1.54) is 0 Å². The molecule has 0 bridgehead atoms. The summed E-state index contributed by atoms with van der Waals surface area (Å²) in [6.07, 6.45) is 4.40. The highest BCUT2D eigenvalue weighted by molar-refractivity contribution is 6.20. The van der Waals surface area contributed by atoms with Crippen LogP contribution < -0.4 is 5.32 Å². The Balaban J connectivity index is 1.89. The van der Waals surface area contributed by atoms with Crippen LogP contribution in [0.25, 0.3) is 0 Å². The van der Waals surface area contributed by atoms with E-state index in [9.17, 15) is 4.79 Å². The first-order valence-electron chi connectivity index (χ1n) is 7.06. The van der Waals surface area contributed by atoms with Crippen molar-refractivity contribution < 1.29 is 4.79 Å². The van der Waals surface area contributed by atoms with Crippen molar-refractivity contribution in [2.75, 3.05) is 6.54 Å². The number of halogens is 1.